The van der Waals surface area contributed by atoms with E-state index in [1.165, 1.54) is 17.7 Å². The highest BCUT2D eigenvalue weighted by atomic mass is 32.1. The van der Waals surface area contributed by atoms with E-state index in [-0.39, 0.29) is 30.6 Å². The Kier molecular flexibility index (Phi) is 10.2. The molecule has 250 valence electrons. The molecule has 0 radical (unpaired) electrons. The molecule has 5 aliphatic rings. The third-order valence-corrected chi connectivity index (χ3v) is 12.2. The normalized spacial score (nSPS) is 30.5. The molecule has 9 heteroatoms. The molecular formula is C37H53N5O3S. The summed E-state index contributed by atoms with van der Waals surface area (Å²) in [6.45, 7) is 13.9. The monoisotopic (exact) mass is 647 g/mol. The summed E-state index contributed by atoms with van der Waals surface area (Å²) < 4.78 is 0. The Morgan fingerprint density at radius 3 is 2.46 bits per heavy atom. The number of benzene rings is 2. The average Bonchev–Trinajstić information content (AvgIpc) is 3.43. The van der Waals surface area contributed by atoms with Crippen LogP contribution in [0.5, 0.6) is 0 Å². The van der Waals surface area contributed by atoms with E-state index in [0.29, 0.717) is 29.7 Å². The largest absolute Gasteiger partial charge is 0.394 e. The zero-order valence-electron chi connectivity index (χ0n) is 28.0. The van der Waals surface area contributed by atoms with Crippen molar-refractivity contribution in [3.05, 3.63) is 65.7 Å². The predicted octanol–water partition coefficient (Wildman–Crippen LogP) is 4.62. The molecule has 8 nitrogen and oxygen atoms in total. The number of aliphatic hydroxyl groups is 1. The number of thiocarbonyl (C=S) groups is 1. The van der Waals surface area contributed by atoms with Crippen molar-refractivity contribution in [2.75, 3.05) is 44.2 Å². The van der Waals surface area contributed by atoms with E-state index in [9.17, 15) is 9.90 Å². The van der Waals surface area contributed by atoms with Gasteiger partial charge in [0.1, 0.15) is 12.1 Å². The van der Waals surface area contributed by atoms with Crippen molar-refractivity contribution in [3.63, 3.8) is 0 Å². The highest BCUT2D eigenvalue weighted by molar-refractivity contribution is 7.80. The lowest BCUT2D eigenvalue weighted by atomic mass is 9.45. The Labute approximate surface area is 280 Å². The number of carbonyl (C=O) groups excluding carboxylic acids is 1. The number of carbonyl (C=O) groups is 1. The van der Waals surface area contributed by atoms with Crippen molar-refractivity contribution < 1.29 is 14.7 Å². The molecule has 2 aromatic carbocycles. The second-order valence-corrected chi connectivity index (χ2v) is 15.0. The molecule has 2 aromatic rings. The maximum atomic E-state index is 14.0. The minimum atomic E-state index is -0.428. The fraction of sp³-hybridized carbons (Fsp3) is 0.622. The Hall–Kier alpha value is -2.72. The lowest BCUT2D eigenvalue weighted by molar-refractivity contribution is -0.183. The predicted molar refractivity (Wildman–Crippen MR) is 187 cm³/mol. The van der Waals surface area contributed by atoms with Gasteiger partial charge >= 0.3 is 0 Å². The van der Waals surface area contributed by atoms with Crippen molar-refractivity contribution >= 4 is 28.9 Å². The molecule has 3 aliphatic carbocycles. The van der Waals surface area contributed by atoms with Gasteiger partial charge in [0.2, 0.25) is 5.91 Å². The van der Waals surface area contributed by atoms with Crippen molar-refractivity contribution in [1.82, 2.24) is 20.6 Å². The van der Waals surface area contributed by atoms with Crippen LogP contribution in [0, 0.1) is 29.1 Å². The van der Waals surface area contributed by atoms with Gasteiger partial charge in [-0.1, -0.05) is 70.2 Å². The van der Waals surface area contributed by atoms with E-state index in [2.05, 4.69) is 96.7 Å². The van der Waals surface area contributed by atoms with Gasteiger partial charge in [0.15, 0.2) is 5.11 Å². The van der Waals surface area contributed by atoms with Crippen LogP contribution < -0.4 is 15.5 Å². The Bertz CT molecular complexity index is 1350. The van der Waals surface area contributed by atoms with Crippen molar-refractivity contribution in [3.8, 4) is 0 Å². The number of amides is 1. The summed E-state index contributed by atoms with van der Waals surface area (Å²) in [5, 5.41) is 19.8. The quantitative estimate of drug-likeness (QED) is 0.323. The number of hydrogen-bond donors (Lipinski definition) is 3. The van der Waals surface area contributed by atoms with Crippen LogP contribution in [0.2, 0.25) is 0 Å². The van der Waals surface area contributed by atoms with E-state index in [1.54, 1.807) is 0 Å². The summed E-state index contributed by atoms with van der Waals surface area (Å²) in [7, 11) is 0. The first-order chi connectivity index (χ1) is 22.2. The second kappa shape index (κ2) is 14.2. The minimum Gasteiger partial charge on any atom is -0.394 e. The lowest BCUT2D eigenvalue weighted by Crippen LogP contribution is -2.62. The molecule has 3 saturated carbocycles. The van der Waals surface area contributed by atoms with Gasteiger partial charge in [-0.3, -0.25) is 9.63 Å². The number of nitrogens with one attached hydrogen (secondary N) is 2. The molecule has 2 aliphatic heterocycles. The first-order valence-electron chi connectivity index (χ1n) is 17.4. The van der Waals surface area contributed by atoms with Gasteiger partial charge in [-0.2, -0.15) is 5.06 Å². The first-order valence-corrected chi connectivity index (χ1v) is 17.9. The molecule has 46 heavy (non-hydrogen) atoms. The van der Waals surface area contributed by atoms with Crippen molar-refractivity contribution in [2.45, 2.75) is 78.1 Å². The van der Waals surface area contributed by atoms with Gasteiger partial charge in [-0.05, 0) is 84.3 Å². The maximum absolute atomic E-state index is 14.0. The third-order valence-electron chi connectivity index (χ3n) is 11.8. The smallest absolute Gasteiger partial charge is 0.240 e. The zero-order valence-corrected chi connectivity index (χ0v) is 28.8. The van der Waals surface area contributed by atoms with Crippen LogP contribution in [0.4, 0.5) is 5.69 Å². The van der Waals surface area contributed by atoms with E-state index in [4.69, 9.17) is 17.1 Å². The van der Waals surface area contributed by atoms with Gasteiger partial charge in [-0.15, -0.1) is 0 Å². The number of hydrogen-bond acceptors (Lipinski definition) is 6. The van der Waals surface area contributed by atoms with Crippen molar-refractivity contribution in [1.29, 1.82) is 0 Å². The maximum Gasteiger partial charge on any atom is 0.240 e. The molecule has 2 bridgehead atoms. The summed E-state index contributed by atoms with van der Waals surface area (Å²) in [4.78, 5) is 24.9. The highest BCUT2D eigenvalue weighted by Gasteiger charge is 2.57. The minimum absolute atomic E-state index is 0.0411. The van der Waals surface area contributed by atoms with Crippen LogP contribution >= 0.6 is 12.2 Å². The summed E-state index contributed by atoms with van der Waals surface area (Å²) in [6, 6.07) is 18.8. The second-order valence-electron chi connectivity index (χ2n) is 14.6. The molecule has 0 spiro atoms. The van der Waals surface area contributed by atoms with E-state index in [0.717, 1.165) is 62.7 Å². The van der Waals surface area contributed by atoms with Gasteiger partial charge < -0.3 is 25.5 Å². The molecule has 7 rings (SSSR count). The fourth-order valence-electron chi connectivity index (χ4n) is 8.73. The van der Waals surface area contributed by atoms with Crippen LogP contribution in [0.3, 0.4) is 0 Å². The molecule has 3 N–H and O–H groups in total. The Balaban J connectivity index is 1.05. The summed E-state index contributed by atoms with van der Waals surface area (Å²) >= 11 is 5.72. The third kappa shape index (κ3) is 6.80. The number of fused-ring (bicyclic) bond motifs is 2. The standard InChI is InChI=1S/C37H53N5O3S/c1-5-30-33(24-43)45-42(34(30)35(44)39-32-22-28-21-31(25(32)2)37(28,3)4)23-27-12-9-13-29(20-27)40-16-18-41(19-17-40)36(46)38-15-14-26-10-7-6-8-11-26/h6-13,20,25,28,30-34,43H,5,14-19,21-24H2,1-4H3,(H,38,46)(H,39,44)/t25-,28+,30+,31-,32-,33-,34-/m0/s1. The number of anilines is 1. The Morgan fingerprint density at radius 1 is 1.04 bits per heavy atom. The molecule has 2 heterocycles. The SMILES string of the molecule is CC[C@@H]1[C@H](CO)ON(Cc2cccc(N3CCN(C(=S)NCCc4ccccc4)CC3)c2)[C@@H]1C(=O)N[C@H]1C[C@H]2C[C@@H]([C@@H]1C)C2(C)C. The number of piperazine rings is 1. The van der Waals surface area contributed by atoms with Crippen LogP contribution in [0.15, 0.2) is 54.6 Å². The van der Waals surface area contributed by atoms with Gasteiger partial charge in [-0.25, -0.2) is 0 Å². The Morgan fingerprint density at radius 2 is 1.78 bits per heavy atom. The van der Waals surface area contributed by atoms with Crippen LogP contribution in [-0.2, 0) is 22.6 Å². The lowest BCUT2D eigenvalue weighted by Gasteiger charge is -2.62. The van der Waals surface area contributed by atoms with Gasteiger partial charge in [0.05, 0.1) is 13.2 Å². The highest BCUT2D eigenvalue weighted by Crippen LogP contribution is 2.61. The van der Waals surface area contributed by atoms with E-state index >= 15 is 0 Å². The number of hydroxylamine groups is 2. The number of rotatable bonds is 10. The number of nitrogens with zero attached hydrogens (tertiary/aromatic N) is 3. The topological polar surface area (TPSA) is 80.3 Å². The average molecular weight is 648 g/mol. The summed E-state index contributed by atoms with van der Waals surface area (Å²) in [6.07, 6.45) is 3.68. The molecule has 2 saturated heterocycles. The first kappa shape index (κ1) is 33.2. The fourth-order valence-corrected chi connectivity index (χ4v) is 9.01. The molecule has 0 unspecified atom stereocenters. The molecule has 0 aromatic heterocycles. The summed E-state index contributed by atoms with van der Waals surface area (Å²) in [5.41, 5.74) is 3.95. The molecule has 1 amide bonds. The zero-order chi connectivity index (χ0) is 32.4. The van der Waals surface area contributed by atoms with Gasteiger partial charge in [0.25, 0.3) is 0 Å². The molecule has 7 atom stereocenters. The van der Waals surface area contributed by atoms with E-state index < -0.39 is 6.04 Å². The van der Waals surface area contributed by atoms with Crippen LogP contribution in [0.25, 0.3) is 0 Å². The van der Waals surface area contributed by atoms with Crippen LogP contribution in [0.1, 0.15) is 58.1 Å². The number of aliphatic hydroxyl groups excluding tert-OH is 1. The van der Waals surface area contributed by atoms with Crippen LogP contribution in [-0.4, -0.2) is 83.6 Å². The summed E-state index contributed by atoms with van der Waals surface area (Å²) in [5.74, 6) is 1.79. The van der Waals surface area contributed by atoms with Crippen molar-refractivity contribution in [2.24, 2.45) is 29.1 Å². The van der Waals surface area contributed by atoms with E-state index in [1.807, 2.05) is 11.1 Å². The molecule has 5 fully saturated rings. The van der Waals surface area contributed by atoms with Gasteiger partial charge in [0, 0.05) is 50.4 Å². The molecular weight excluding hydrogens is 595 g/mol.